The highest BCUT2D eigenvalue weighted by molar-refractivity contribution is 6.13. The third-order valence-electron chi connectivity index (χ3n) is 6.18. The van der Waals surface area contributed by atoms with Gasteiger partial charge in [0, 0.05) is 37.1 Å². The summed E-state index contributed by atoms with van der Waals surface area (Å²) in [7, 11) is 1.33. The molecule has 0 aliphatic carbocycles. The normalized spacial score (nSPS) is 14.6. The zero-order valence-electron chi connectivity index (χ0n) is 23.4. The number of halogens is 1. The van der Waals surface area contributed by atoms with Crippen LogP contribution in [0.3, 0.4) is 0 Å². The Morgan fingerprint density at radius 2 is 2.08 bits per heavy atom. The van der Waals surface area contributed by atoms with Crippen molar-refractivity contribution in [1.82, 2.24) is 10.3 Å². The standard InChI is InChI=1S/C29H38FN5O5/c1-29(2,3)40-17-23(31)21(16-32-13-11-20-9-7-18-6-5-12-33-27(18)34-20)28(38)35-24(15-26(36)37)19-8-10-25(39-4)22(30)14-19/h7-10,14,16,24H,5-6,11-13,15,17,31H2,1-4H3,(H,33,34)(H,35,38)(H,36,37)/t24-/m0/s1. The van der Waals surface area contributed by atoms with Crippen molar-refractivity contribution in [2.45, 2.75) is 58.1 Å². The molecule has 0 saturated heterocycles. The average Bonchev–Trinajstić information content (AvgIpc) is 2.90. The number of hydrogen-bond acceptors (Lipinski definition) is 8. The number of nitrogens with one attached hydrogen (secondary N) is 2. The van der Waals surface area contributed by atoms with Gasteiger partial charge in [-0.2, -0.15) is 0 Å². The fourth-order valence-corrected chi connectivity index (χ4v) is 4.06. The van der Waals surface area contributed by atoms with Gasteiger partial charge in [0.2, 0.25) is 0 Å². The lowest BCUT2D eigenvalue weighted by Crippen LogP contribution is -2.34. The van der Waals surface area contributed by atoms with E-state index in [1.54, 1.807) is 0 Å². The monoisotopic (exact) mass is 555 g/mol. The number of amides is 1. The first-order valence-corrected chi connectivity index (χ1v) is 13.2. The Kier molecular flexibility index (Phi) is 10.6. The molecule has 40 heavy (non-hydrogen) atoms. The van der Waals surface area contributed by atoms with E-state index in [9.17, 15) is 19.1 Å². The third-order valence-corrected chi connectivity index (χ3v) is 6.18. The van der Waals surface area contributed by atoms with Gasteiger partial charge in [-0.1, -0.05) is 12.1 Å². The second-order valence-electron chi connectivity index (χ2n) is 10.5. The van der Waals surface area contributed by atoms with E-state index in [4.69, 9.17) is 15.2 Å². The van der Waals surface area contributed by atoms with E-state index in [1.165, 1.54) is 31.0 Å². The molecule has 1 aliphatic rings. The minimum Gasteiger partial charge on any atom is -0.494 e. The molecule has 0 unspecified atom stereocenters. The van der Waals surface area contributed by atoms with E-state index in [1.807, 2.05) is 26.8 Å². The number of anilines is 1. The summed E-state index contributed by atoms with van der Waals surface area (Å²) >= 11 is 0. The summed E-state index contributed by atoms with van der Waals surface area (Å²) in [6.07, 6.45) is 3.51. The number of carbonyl (C=O) groups is 2. The van der Waals surface area contributed by atoms with Gasteiger partial charge in [-0.15, -0.1) is 0 Å². The molecule has 1 atom stereocenters. The van der Waals surface area contributed by atoms with Crippen LogP contribution in [-0.2, 0) is 27.2 Å². The quantitative estimate of drug-likeness (QED) is 0.230. The highest BCUT2D eigenvalue weighted by Crippen LogP contribution is 2.24. The lowest BCUT2D eigenvalue weighted by molar-refractivity contribution is -0.137. The number of methoxy groups -OCH3 is 1. The average molecular weight is 556 g/mol. The molecule has 1 amide bonds. The minimum absolute atomic E-state index is 0.00430. The van der Waals surface area contributed by atoms with E-state index in [0.29, 0.717) is 13.0 Å². The Balaban J connectivity index is 1.79. The molecular weight excluding hydrogens is 517 g/mol. The summed E-state index contributed by atoms with van der Waals surface area (Å²) < 4.78 is 25.0. The molecule has 0 radical (unpaired) electrons. The molecular formula is C29H38FN5O5. The van der Waals surface area contributed by atoms with Crippen molar-refractivity contribution in [2.24, 2.45) is 10.7 Å². The SMILES string of the molecule is COc1ccc([C@H](CC(=O)O)NC(=O)C(C=NCCc2ccc3c(n2)NCCC3)=C(N)COC(C)(C)C)cc1F. The predicted octanol–water partition coefficient (Wildman–Crippen LogP) is 3.56. The van der Waals surface area contributed by atoms with Crippen LogP contribution in [0.25, 0.3) is 0 Å². The second-order valence-corrected chi connectivity index (χ2v) is 10.5. The summed E-state index contributed by atoms with van der Waals surface area (Å²) in [5.74, 6) is -1.60. The van der Waals surface area contributed by atoms with Crippen molar-refractivity contribution < 1.29 is 28.6 Å². The van der Waals surface area contributed by atoms with Gasteiger partial charge in [0.25, 0.3) is 5.91 Å². The number of carboxylic acid groups (broad SMARTS) is 1. The lowest BCUT2D eigenvalue weighted by atomic mass is 10.0. The molecule has 10 nitrogen and oxygen atoms in total. The molecule has 0 saturated carbocycles. The zero-order chi connectivity index (χ0) is 29.3. The van der Waals surface area contributed by atoms with Crippen molar-refractivity contribution in [3.05, 3.63) is 64.2 Å². The van der Waals surface area contributed by atoms with E-state index in [2.05, 4.69) is 26.7 Å². The first kappa shape index (κ1) is 30.6. The van der Waals surface area contributed by atoms with Crippen LogP contribution in [-0.4, -0.2) is 60.6 Å². The molecule has 3 rings (SSSR count). The third kappa shape index (κ3) is 9.04. The minimum atomic E-state index is -1.17. The summed E-state index contributed by atoms with van der Waals surface area (Å²) in [5.41, 5.74) is 8.24. The van der Waals surface area contributed by atoms with Gasteiger partial charge in [0.05, 0.1) is 37.4 Å². The number of carbonyl (C=O) groups excluding carboxylic acids is 1. The number of pyridine rings is 1. The predicted molar refractivity (Wildman–Crippen MR) is 151 cm³/mol. The molecule has 0 fully saturated rings. The van der Waals surface area contributed by atoms with Gasteiger partial charge in [-0.25, -0.2) is 9.37 Å². The smallest absolute Gasteiger partial charge is 0.305 e. The van der Waals surface area contributed by atoms with Crippen molar-refractivity contribution in [3.63, 3.8) is 0 Å². The van der Waals surface area contributed by atoms with Crippen LogP contribution in [0, 0.1) is 5.82 Å². The summed E-state index contributed by atoms with van der Waals surface area (Å²) in [6, 6.07) is 7.02. The Morgan fingerprint density at radius 1 is 1.30 bits per heavy atom. The molecule has 2 aromatic rings. The Morgan fingerprint density at radius 3 is 2.75 bits per heavy atom. The number of aliphatic carboxylic acids is 1. The number of benzene rings is 1. The van der Waals surface area contributed by atoms with E-state index in [-0.39, 0.29) is 29.2 Å². The van der Waals surface area contributed by atoms with Crippen LogP contribution in [0.1, 0.15) is 56.5 Å². The Bertz CT molecular complexity index is 1270. The number of rotatable bonds is 12. The van der Waals surface area contributed by atoms with E-state index in [0.717, 1.165) is 37.0 Å². The Labute approximate surface area is 233 Å². The number of hydrogen-bond donors (Lipinski definition) is 4. The highest BCUT2D eigenvalue weighted by Gasteiger charge is 2.23. The van der Waals surface area contributed by atoms with E-state index >= 15 is 0 Å². The molecule has 0 spiro atoms. The first-order chi connectivity index (χ1) is 19.0. The molecule has 1 aromatic heterocycles. The molecule has 1 aliphatic heterocycles. The number of aliphatic imine (C=N–C) groups is 1. The highest BCUT2D eigenvalue weighted by atomic mass is 19.1. The van der Waals surface area contributed by atoms with E-state index < -0.39 is 35.8 Å². The zero-order valence-corrected chi connectivity index (χ0v) is 23.4. The van der Waals surface area contributed by atoms with Crippen LogP contribution >= 0.6 is 0 Å². The van der Waals surface area contributed by atoms with Gasteiger partial charge in [0.1, 0.15) is 5.82 Å². The molecule has 216 valence electrons. The molecule has 0 bridgehead atoms. The second kappa shape index (κ2) is 13.9. The number of aromatic nitrogens is 1. The largest absolute Gasteiger partial charge is 0.494 e. The van der Waals surface area contributed by atoms with Gasteiger partial charge in [-0.3, -0.25) is 14.6 Å². The van der Waals surface area contributed by atoms with Gasteiger partial charge >= 0.3 is 5.97 Å². The lowest BCUT2D eigenvalue weighted by Gasteiger charge is -2.21. The van der Waals surface area contributed by atoms with Gasteiger partial charge in [0.15, 0.2) is 11.6 Å². The van der Waals surface area contributed by atoms with Crippen molar-refractivity contribution in [2.75, 3.05) is 32.1 Å². The number of nitrogens with two attached hydrogens (primary N) is 1. The van der Waals surface area contributed by atoms with Crippen LogP contribution in [0.2, 0.25) is 0 Å². The molecule has 11 heteroatoms. The van der Waals surface area contributed by atoms with Gasteiger partial charge in [-0.05, 0) is 62.9 Å². The number of ether oxygens (including phenoxy) is 2. The first-order valence-electron chi connectivity index (χ1n) is 13.2. The maximum Gasteiger partial charge on any atom is 0.305 e. The topological polar surface area (TPSA) is 148 Å². The van der Waals surface area contributed by atoms with Crippen LogP contribution in [0.5, 0.6) is 5.75 Å². The van der Waals surface area contributed by atoms with Crippen molar-refractivity contribution in [3.8, 4) is 5.75 Å². The fraction of sp³-hybridized carbons (Fsp3) is 0.448. The number of carboxylic acids is 1. The molecule has 2 heterocycles. The van der Waals surface area contributed by atoms with Crippen molar-refractivity contribution in [1.29, 1.82) is 0 Å². The maximum atomic E-state index is 14.4. The summed E-state index contributed by atoms with van der Waals surface area (Å²) in [6.45, 7) is 6.77. The van der Waals surface area contributed by atoms with Gasteiger partial charge < -0.3 is 30.9 Å². The van der Waals surface area contributed by atoms with Crippen molar-refractivity contribution >= 4 is 23.9 Å². The Hall–Kier alpha value is -3.99. The number of aryl methyl sites for hydroxylation is 1. The maximum absolute atomic E-state index is 14.4. The molecule has 5 N–H and O–H groups in total. The summed E-state index contributed by atoms with van der Waals surface area (Å²) in [4.78, 5) is 34.0. The van der Waals surface area contributed by atoms with Crippen LogP contribution < -0.4 is 21.1 Å². The van der Waals surface area contributed by atoms with Crippen LogP contribution in [0.4, 0.5) is 10.2 Å². The fourth-order valence-electron chi connectivity index (χ4n) is 4.06. The number of fused-ring (bicyclic) bond motifs is 1. The molecule has 1 aromatic carbocycles. The van der Waals surface area contributed by atoms with Crippen LogP contribution in [0.15, 0.2) is 46.6 Å². The number of nitrogens with zero attached hydrogens (tertiary/aromatic N) is 2. The summed E-state index contributed by atoms with van der Waals surface area (Å²) in [5, 5.41) is 15.4.